The summed E-state index contributed by atoms with van der Waals surface area (Å²) >= 11 is 1.62. The van der Waals surface area contributed by atoms with Gasteiger partial charge in [0.2, 0.25) is 11.7 Å². The summed E-state index contributed by atoms with van der Waals surface area (Å²) in [5.74, 6) is 1.23. The van der Waals surface area contributed by atoms with Crippen LogP contribution in [0.25, 0.3) is 11.4 Å². The van der Waals surface area contributed by atoms with E-state index in [2.05, 4.69) is 34.4 Å². The molecule has 3 rings (SSSR count). The number of nitrogens with zero attached hydrogens (tertiary/aromatic N) is 4. The summed E-state index contributed by atoms with van der Waals surface area (Å²) in [6.07, 6.45) is 3.92. The molecular formula is C15H19N5OS. The Morgan fingerprint density at radius 2 is 2.27 bits per heavy atom. The molecule has 6 nitrogen and oxygen atoms in total. The molecule has 0 bridgehead atoms. The number of rotatable bonds is 6. The predicted octanol–water partition coefficient (Wildman–Crippen LogP) is 3.04. The monoisotopic (exact) mass is 317 g/mol. The minimum absolute atomic E-state index is 0.232. The second-order valence-electron chi connectivity index (χ2n) is 5.43. The van der Waals surface area contributed by atoms with Crippen LogP contribution in [0.1, 0.15) is 31.3 Å². The fourth-order valence-corrected chi connectivity index (χ4v) is 2.77. The highest BCUT2D eigenvalue weighted by atomic mass is 32.1. The molecule has 3 aromatic heterocycles. The fraction of sp³-hybridized carbons (Fsp3) is 0.400. The first-order chi connectivity index (χ1) is 10.6. The molecule has 0 unspecified atom stereocenters. The van der Waals surface area contributed by atoms with Crippen molar-refractivity contribution in [3.05, 3.63) is 40.7 Å². The molecule has 0 amide bonds. The van der Waals surface area contributed by atoms with Crippen molar-refractivity contribution in [2.75, 3.05) is 0 Å². The van der Waals surface area contributed by atoms with E-state index in [-0.39, 0.29) is 12.1 Å². The van der Waals surface area contributed by atoms with E-state index in [0.29, 0.717) is 18.3 Å². The molecule has 1 N–H and O–H groups in total. The largest absolute Gasteiger partial charge is 0.338 e. The van der Waals surface area contributed by atoms with E-state index in [4.69, 9.17) is 4.52 Å². The van der Waals surface area contributed by atoms with Gasteiger partial charge in [-0.1, -0.05) is 5.16 Å². The van der Waals surface area contributed by atoms with Crippen molar-refractivity contribution in [2.24, 2.45) is 0 Å². The second kappa shape index (κ2) is 6.41. The Labute approximate surface area is 133 Å². The maximum Gasteiger partial charge on any atom is 0.240 e. The number of aryl methyl sites for hydroxylation is 1. The summed E-state index contributed by atoms with van der Waals surface area (Å²) in [6, 6.07) is 2.46. The van der Waals surface area contributed by atoms with Crippen LogP contribution >= 0.6 is 11.3 Å². The normalized spacial score (nSPS) is 14.1. The van der Waals surface area contributed by atoms with E-state index < -0.39 is 0 Å². The van der Waals surface area contributed by atoms with E-state index in [9.17, 15) is 0 Å². The molecule has 0 fully saturated rings. The van der Waals surface area contributed by atoms with Gasteiger partial charge in [-0.15, -0.1) is 0 Å². The molecule has 22 heavy (non-hydrogen) atoms. The zero-order valence-corrected chi connectivity index (χ0v) is 13.7. The zero-order valence-electron chi connectivity index (χ0n) is 12.9. The zero-order chi connectivity index (χ0) is 15.5. The predicted molar refractivity (Wildman–Crippen MR) is 85.6 cm³/mol. The lowest BCUT2D eigenvalue weighted by molar-refractivity contribution is 0.325. The molecule has 0 aliphatic heterocycles. The first-order valence-corrected chi connectivity index (χ1v) is 8.17. The first kappa shape index (κ1) is 14.9. The number of hydrogen-bond acceptors (Lipinski definition) is 6. The van der Waals surface area contributed by atoms with Gasteiger partial charge in [0.25, 0.3) is 0 Å². The molecule has 3 aromatic rings. The third-order valence-electron chi connectivity index (χ3n) is 3.69. The lowest BCUT2D eigenvalue weighted by Crippen LogP contribution is -2.33. The molecule has 3 heterocycles. The highest BCUT2D eigenvalue weighted by Crippen LogP contribution is 2.18. The Bertz CT molecular complexity index is 718. The van der Waals surface area contributed by atoms with Gasteiger partial charge in [0.05, 0.1) is 18.8 Å². The van der Waals surface area contributed by atoms with Crippen molar-refractivity contribution in [3.8, 4) is 11.4 Å². The van der Waals surface area contributed by atoms with Crippen molar-refractivity contribution in [1.82, 2.24) is 25.2 Å². The van der Waals surface area contributed by atoms with E-state index in [1.165, 1.54) is 0 Å². The number of aromatic nitrogens is 4. The average molecular weight is 317 g/mol. The second-order valence-corrected chi connectivity index (χ2v) is 6.21. The van der Waals surface area contributed by atoms with Crippen LogP contribution in [0, 0.1) is 6.92 Å². The summed E-state index contributed by atoms with van der Waals surface area (Å²) < 4.78 is 7.26. The van der Waals surface area contributed by atoms with Crippen molar-refractivity contribution in [2.45, 2.75) is 39.4 Å². The first-order valence-electron chi connectivity index (χ1n) is 7.23. The van der Waals surface area contributed by atoms with E-state index in [1.807, 2.05) is 40.8 Å². The van der Waals surface area contributed by atoms with Crippen LogP contribution in [0.5, 0.6) is 0 Å². The lowest BCUT2D eigenvalue weighted by Gasteiger charge is -2.20. The Balaban J connectivity index is 1.58. The Morgan fingerprint density at radius 3 is 2.95 bits per heavy atom. The third-order valence-corrected chi connectivity index (χ3v) is 4.38. The smallest absolute Gasteiger partial charge is 0.240 e. The van der Waals surface area contributed by atoms with E-state index >= 15 is 0 Å². The minimum Gasteiger partial charge on any atom is -0.338 e. The Morgan fingerprint density at radius 1 is 1.41 bits per heavy atom. The molecule has 0 spiro atoms. The molecule has 116 valence electrons. The molecule has 0 saturated carbocycles. The maximum atomic E-state index is 5.29. The molecular weight excluding hydrogens is 298 g/mol. The summed E-state index contributed by atoms with van der Waals surface area (Å²) in [7, 11) is 0. The molecule has 0 radical (unpaired) electrons. The van der Waals surface area contributed by atoms with Crippen molar-refractivity contribution < 1.29 is 4.52 Å². The molecule has 7 heteroatoms. The van der Waals surface area contributed by atoms with Gasteiger partial charge in [0.1, 0.15) is 0 Å². The quantitative estimate of drug-likeness (QED) is 0.757. The van der Waals surface area contributed by atoms with Crippen LogP contribution in [0.3, 0.4) is 0 Å². The van der Waals surface area contributed by atoms with Crippen LogP contribution in [0.4, 0.5) is 0 Å². The molecule has 0 saturated heterocycles. The number of hydrogen-bond donors (Lipinski definition) is 1. The third kappa shape index (κ3) is 3.26. The Hall–Kier alpha value is -1.99. The number of thiophene rings is 1. The van der Waals surface area contributed by atoms with Gasteiger partial charge in [-0.25, -0.2) is 0 Å². The van der Waals surface area contributed by atoms with Crippen LogP contribution in [-0.4, -0.2) is 26.0 Å². The van der Waals surface area contributed by atoms with Gasteiger partial charge in [-0.3, -0.25) is 4.68 Å². The highest BCUT2D eigenvalue weighted by molar-refractivity contribution is 7.08. The lowest BCUT2D eigenvalue weighted by atomic mass is 10.2. The summed E-state index contributed by atoms with van der Waals surface area (Å²) in [5.41, 5.74) is 2.16. The topological polar surface area (TPSA) is 68.8 Å². The van der Waals surface area contributed by atoms with Gasteiger partial charge < -0.3 is 9.84 Å². The van der Waals surface area contributed by atoms with Crippen molar-refractivity contribution in [1.29, 1.82) is 0 Å². The summed E-state index contributed by atoms with van der Waals surface area (Å²) in [6.45, 7) is 6.84. The minimum atomic E-state index is 0.232. The Kier molecular flexibility index (Phi) is 4.35. The standard InChI is InChI=1S/C15H19N5OS/c1-10-6-17-20(8-10)12(3)11(2)16-7-14-18-15(19-21-14)13-4-5-22-9-13/h4-6,8-9,11-12,16H,7H2,1-3H3/t11-,12+/m1/s1. The molecule has 2 atom stereocenters. The van der Waals surface area contributed by atoms with Crippen molar-refractivity contribution in [3.63, 3.8) is 0 Å². The SMILES string of the molecule is Cc1cnn([C@@H](C)[C@@H](C)NCc2nc(-c3ccsc3)no2)c1. The summed E-state index contributed by atoms with van der Waals surface area (Å²) in [4.78, 5) is 4.40. The highest BCUT2D eigenvalue weighted by Gasteiger charge is 2.16. The van der Waals surface area contributed by atoms with Crippen LogP contribution in [0.15, 0.2) is 33.7 Å². The molecule has 0 aliphatic rings. The van der Waals surface area contributed by atoms with Gasteiger partial charge in [0, 0.05) is 23.2 Å². The number of nitrogens with one attached hydrogen (secondary N) is 1. The molecule has 0 aromatic carbocycles. The average Bonchev–Trinajstić information content (AvgIpc) is 3.24. The van der Waals surface area contributed by atoms with E-state index in [0.717, 1.165) is 11.1 Å². The van der Waals surface area contributed by atoms with E-state index in [1.54, 1.807) is 11.3 Å². The fourth-order valence-electron chi connectivity index (χ4n) is 2.14. The van der Waals surface area contributed by atoms with Crippen LogP contribution in [-0.2, 0) is 6.54 Å². The summed E-state index contributed by atoms with van der Waals surface area (Å²) in [5, 5.41) is 15.8. The van der Waals surface area contributed by atoms with Gasteiger partial charge >= 0.3 is 0 Å². The van der Waals surface area contributed by atoms with Crippen molar-refractivity contribution >= 4 is 11.3 Å². The van der Waals surface area contributed by atoms with Crippen LogP contribution < -0.4 is 5.32 Å². The van der Waals surface area contributed by atoms with Gasteiger partial charge in [-0.2, -0.15) is 21.4 Å². The van der Waals surface area contributed by atoms with Gasteiger partial charge in [-0.05, 0) is 37.8 Å². The molecule has 0 aliphatic carbocycles. The van der Waals surface area contributed by atoms with Gasteiger partial charge in [0.15, 0.2) is 0 Å². The van der Waals surface area contributed by atoms with Crippen LogP contribution in [0.2, 0.25) is 0 Å². The maximum absolute atomic E-state index is 5.29.